The Balaban J connectivity index is 2.14. The summed E-state index contributed by atoms with van der Waals surface area (Å²) < 4.78 is 6.69. The molecule has 2 amide bonds. The van der Waals surface area contributed by atoms with E-state index in [1.54, 1.807) is 11.8 Å². The van der Waals surface area contributed by atoms with Gasteiger partial charge in [-0.1, -0.05) is 34.1 Å². The van der Waals surface area contributed by atoms with Crippen LogP contribution in [0.3, 0.4) is 0 Å². The molecule has 2 aromatic rings. The van der Waals surface area contributed by atoms with Crippen LogP contribution in [0.15, 0.2) is 46.9 Å². The Morgan fingerprint density at radius 1 is 1.11 bits per heavy atom. The van der Waals surface area contributed by atoms with Crippen molar-refractivity contribution >= 4 is 27.7 Å². The molecule has 1 N–H and O–H groups in total. The average molecular weight is 447 g/mol. The van der Waals surface area contributed by atoms with E-state index in [9.17, 15) is 9.59 Å². The number of nitrogens with one attached hydrogen (secondary N) is 1. The van der Waals surface area contributed by atoms with Gasteiger partial charge in [0.05, 0.1) is 0 Å². The minimum Gasteiger partial charge on any atom is -0.484 e. The van der Waals surface area contributed by atoms with Crippen molar-refractivity contribution in [3.63, 3.8) is 0 Å². The molecule has 1 atom stereocenters. The van der Waals surface area contributed by atoms with E-state index in [4.69, 9.17) is 4.74 Å². The molecule has 28 heavy (non-hydrogen) atoms. The third kappa shape index (κ3) is 6.37. The first kappa shape index (κ1) is 22.0. The van der Waals surface area contributed by atoms with Crippen LogP contribution in [0.4, 0.5) is 0 Å². The molecule has 2 rings (SSSR count). The SMILES string of the molecule is CCNC(=O)C(C)N(Cc1ccc(Br)cc1)C(=O)COc1cc(C)cc(C)c1. The maximum absolute atomic E-state index is 12.9. The lowest BCUT2D eigenvalue weighted by molar-refractivity contribution is -0.142. The van der Waals surface area contributed by atoms with Crippen molar-refractivity contribution in [3.8, 4) is 5.75 Å². The summed E-state index contributed by atoms with van der Waals surface area (Å²) in [4.78, 5) is 26.8. The van der Waals surface area contributed by atoms with Crippen LogP contribution in [0.2, 0.25) is 0 Å². The van der Waals surface area contributed by atoms with E-state index >= 15 is 0 Å². The molecule has 0 saturated carbocycles. The van der Waals surface area contributed by atoms with Gasteiger partial charge in [0.1, 0.15) is 11.8 Å². The van der Waals surface area contributed by atoms with Gasteiger partial charge in [0.25, 0.3) is 5.91 Å². The fraction of sp³-hybridized carbons (Fsp3) is 0.364. The molecule has 2 aromatic carbocycles. The maximum atomic E-state index is 12.9. The summed E-state index contributed by atoms with van der Waals surface area (Å²) in [5, 5.41) is 2.78. The summed E-state index contributed by atoms with van der Waals surface area (Å²) in [6, 6.07) is 12.9. The van der Waals surface area contributed by atoms with Gasteiger partial charge in [0, 0.05) is 17.6 Å². The highest BCUT2D eigenvalue weighted by molar-refractivity contribution is 9.10. The minimum absolute atomic E-state index is 0.122. The van der Waals surface area contributed by atoms with Crippen molar-refractivity contribution in [2.45, 2.75) is 40.3 Å². The largest absolute Gasteiger partial charge is 0.484 e. The van der Waals surface area contributed by atoms with Gasteiger partial charge >= 0.3 is 0 Å². The molecule has 0 heterocycles. The molecule has 0 spiro atoms. The summed E-state index contributed by atoms with van der Waals surface area (Å²) in [6.07, 6.45) is 0. The Morgan fingerprint density at radius 2 is 1.71 bits per heavy atom. The van der Waals surface area contributed by atoms with Crippen LogP contribution in [0.25, 0.3) is 0 Å². The predicted octanol–water partition coefficient (Wildman–Crippen LogP) is 4.00. The second kappa shape index (κ2) is 10.3. The van der Waals surface area contributed by atoms with Gasteiger partial charge in [-0.05, 0) is 68.7 Å². The highest BCUT2D eigenvalue weighted by atomic mass is 79.9. The second-order valence-electron chi connectivity index (χ2n) is 6.83. The van der Waals surface area contributed by atoms with E-state index in [0.29, 0.717) is 18.8 Å². The van der Waals surface area contributed by atoms with Crippen LogP contribution in [0.1, 0.15) is 30.5 Å². The van der Waals surface area contributed by atoms with Crippen LogP contribution in [0, 0.1) is 13.8 Å². The number of carbonyl (C=O) groups excluding carboxylic acids is 2. The Labute approximate surface area is 175 Å². The normalized spacial score (nSPS) is 11.6. The molecule has 5 nitrogen and oxygen atoms in total. The predicted molar refractivity (Wildman–Crippen MR) is 114 cm³/mol. The standard InChI is InChI=1S/C22H27BrN2O3/c1-5-24-22(27)17(4)25(13-18-6-8-19(23)9-7-18)21(26)14-28-20-11-15(2)10-16(3)12-20/h6-12,17H,5,13-14H2,1-4H3,(H,24,27). The van der Waals surface area contributed by atoms with E-state index in [1.807, 2.05) is 63.2 Å². The molecule has 6 heteroatoms. The number of aryl methyl sites for hydroxylation is 2. The number of amides is 2. The molecule has 0 aliphatic carbocycles. The number of halogens is 1. The van der Waals surface area contributed by atoms with Gasteiger partial charge in [-0.2, -0.15) is 0 Å². The second-order valence-corrected chi connectivity index (χ2v) is 7.75. The fourth-order valence-corrected chi connectivity index (χ4v) is 3.20. The zero-order chi connectivity index (χ0) is 20.7. The van der Waals surface area contributed by atoms with Gasteiger partial charge in [-0.25, -0.2) is 0 Å². The molecule has 0 aromatic heterocycles. The molecule has 1 unspecified atom stereocenters. The lowest BCUT2D eigenvalue weighted by atomic mass is 10.1. The summed E-state index contributed by atoms with van der Waals surface area (Å²) in [6.45, 7) is 8.29. The van der Waals surface area contributed by atoms with Gasteiger partial charge < -0.3 is 15.0 Å². The number of benzene rings is 2. The summed E-state index contributed by atoms with van der Waals surface area (Å²) in [5.41, 5.74) is 3.09. The summed E-state index contributed by atoms with van der Waals surface area (Å²) in [7, 11) is 0. The number of likely N-dealkylation sites (N-methyl/N-ethyl adjacent to an activating group) is 1. The van der Waals surface area contributed by atoms with E-state index < -0.39 is 6.04 Å². The van der Waals surface area contributed by atoms with Crippen LogP contribution in [-0.2, 0) is 16.1 Å². The van der Waals surface area contributed by atoms with Gasteiger partial charge in [0.15, 0.2) is 6.61 Å². The summed E-state index contributed by atoms with van der Waals surface area (Å²) >= 11 is 3.41. The van der Waals surface area contributed by atoms with Crippen molar-refractivity contribution in [1.29, 1.82) is 0 Å². The average Bonchev–Trinajstić information content (AvgIpc) is 2.64. The van der Waals surface area contributed by atoms with Crippen molar-refractivity contribution in [3.05, 3.63) is 63.6 Å². The third-order valence-corrected chi connectivity index (χ3v) is 4.87. The monoisotopic (exact) mass is 446 g/mol. The van der Waals surface area contributed by atoms with E-state index in [-0.39, 0.29) is 18.4 Å². The first-order chi connectivity index (χ1) is 13.3. The number of hydrogen-bond acceptors (Lipinski definition) is 3. The van der Waals surface area contributed by atoms with Gasteiger partial charge in [0.2, 0.25) is 5.91 Å². The zero-order valence-electron chi connectivity index (χ0n) is 16.8. The first-order valence-electron chi connectivity index (χ1n) is 9.33. The highest BCUT2D eigenvalue weighted by Crippen LogP contribution is 2.18. The smallest absolute Gasteiger partial charge is 0.261 e. The van der Waals surface area contributed by atoms with Crippen LogP contribution < -0.4 is 10.1 Å². The minimum atomic E-state index is -0.598. The van der Waals surface area contributed by atoms with E-state index in [1.165, 1.54) is 0 Å². The van der Waals surface area contributed by atoms with E-state index in [2.05, 4.69) is 21.2 Å². The van der Waals surface area contributed by atoms with Gasteiger partial charge in [-0.15, -0.1) is 0 Å². The Hall–Kier alpha value is -2.34. The lowest BCUT2D eigenvalue weighted by Gasteiger charge is -2.28. The van der Waals surface area contributed by atoms with Crippen molar-refractivity contribution < 1.29 is 14.3 Å². The van der Waals surface area contributed by atoms with Crippen LogP contribution in [-0.4, -0.2) is 35.9 Å². The third-order valence-electron chi connectivity index (χ3n) is 4.34. The molecular weight excluding hydrogens is 420 g/mol. The quantitative estimate of drug-likeness (QED) is 0.666. The molecule has 0 fully saturated rings. The number of ether oxygens (including phenoxy) is 1. The van der Waals surface area contributed by atoms with Crippen LogP contribution in [0.5, 0.6) is 5.75 Å². The molecule has 0 saturated heterocycles. The van der Waals surface area contributed by atoms with Crippen molar-refractivity contribution in [1.82, 2.24) is 10.2 Å². The molecule has 0 radical (unpaired) electrons. The van der Waals surface area contributed by atoms with Crippen molar-refractivity contribution in [2.24, 2.45) is 0 Å². The fourth-order valence-electron chi connectivity index (χ4n) is 2.94. The highest BCUT2D eigenvalue weighted by Gasteiger charge is 2.26. The van der Waals surface area contributed by atoms with Crippen molar-refractivity contribution in [2.75, 3.05) is 13.2 Å². The molecule has 0 bridgehead atoms. The lowest BCUT2D eigenvalue weighted by Crippen LogP contribution is -2.49. The molecule has 0 aliphatic rings. The number of nitrogens with zero attached hydrogens (tertiary/aromatic N) is 1. The first-order valence-corrected chi connectivity index (χ1v) is 10.1. The Kier molecular flexibility index (Phi) is 8.05. The zero-order valence-corrected chi connectivity index (χ0v) is 18.4. The number of carbonyl (C=O) groups is 2. The number of rotatable bonds is 8. The molecular formula is C22H27BrN2O3. The van der Waals surface area contributed by atoms with Crippen LogP contribution >= 0.6 is 15.9 Å². The maximum Gasteiger partial charge on any atom is 0.261 e. The van der Waals surface area contributed by atoms with Gasteiger partial charge in [-0.3, -0.25) is 9.59 Å². The molecule has 150 valence electrons. The Morgan fingerprint density at radius 3 is 2.29 bits per heavy atom. The van der Waals surface area contributed by atoms with E-state index in [0.717, 1.165) is 21.2 Å². The molecule has 0 aliphatic heterocycles. The Bertz CT molecular complexity index is 801. The number of hydrogen-bond donors (Lipinski definition) is 1. The topological polar surface area (TPSA) is 58.6 Å². The summed E-state index contributed by atoms with van der Waals surface area (Å²) in [5.74, 6) is 0.236.